The first-order chi connectivity index (χ1) is 23.8. The standard InChI is InChI=1S/C46H31NS/c1-3-10-32(11-4-1)34-22-26-40(27-23-34)47(44-16-9-15-43-42-14-7-8-17-45(42)48-46(43)44)41-28-24-35(25-29-41)37-19-21-38-30-36(18-20-39(38)31-37)33-12-5-2-6-13-33/h1-31H. The summed E-state index contributed by atoms with van der Waals surface area (Å²) in [6.07, 6.45) is 0. The van der Waals surface area contributed by atoms with Crippen molar-refractivity contribution in [1.29, 1.82) is 0 Å². The van der Waals surface area contributed by atoms with Crippen molar-refractivity contribution in [3.05, 3.63) is 188 Å². The van der Waals surface area contributed by atoms with Crippen LogP contribution in [-0.4, -0.2) is 0 Å². The Morgan fingerprint density at radius 2 is 0.792 bits per heavy atom. The molecular weight excluding hydrogens is 599 g/mol. The first-order valence-electron chi connectivity index (χ1n) is 16.3. The van der Waals surface area contributed by atoms with E-state index in [0.29, 0.717) is 0 Å². The second kappa shape index (κ2) is 12.0. The predicted octanol–water partition coefficient (Wildman–Crippen LogP) is 13.7. The Bertz CT molecular complexity index is 2530. The van der Waals surface area contributed by atoms with Gasteiger partial charge in [0.2, 0.25) is 0 Å². The van der Waals surface area contributed by atoms with Gasteiger partial charge in [-0.15, -0.1) is 11.3 Å². The summed E-state index contributed by atoms with van der Waals surface area (Å²) < 4.78 is 2.60. The fraction of sp³-hybridized carbons (Fsp3) is 0. The quantitative estimate of drug-likeness (QED) is 0.177. The molecule has 8 aromatic carbocycles. The Labute approximate surface area is 284 Å². The highest BCUT2D eigenvalue weighted by molar-refractivity contribution is 7.26. The highest BCUT2D eigenvalue weighted by atomic mass is 32.1. The molecule has 48 heavy (non-hydrogen) atoms. The smallest absolute Gasteiger partial charge is 0.0640 e. The maximum absolute atomic E-state index is 2.40. The van der Waals surface area contributed by atoms with Crippen LogP contribution in [0, 0.1) is 0 Å². The van der Waals surface area contributed by atoms with E-state index in [1.165, 1.54) is 70.0 Å². The first kappa shape index (κ1) is 28.3. The van der Waals surface area contributed by atoms with E-state index in [9.17, 15) is 0 Å². The van der Waals surface area contributed by atoms with E-state index in [2.05, 4.69) is 193 Å². The Morgan fingerprint density at radius 3 is 1.40 bits per heavy atom. The second-order valence-electron chi connectivity index (χ2n) is 12.2. The first-order valence-corrected chi connectivity index (χ1v) is 17.2. The van der Waals surface area contributed by atoms with Gasteiger partial charge in [-0.1, -0.05) is 140 Å². The summed E-state index contributed by atoms with van der Waals surface area (Å²) in [5.74, 6) is 0. The fourth-order valence-corrected chi connectivity index (χ4v) is 8.01. The van der Waals surface area contributed by atoms with Gasteiger partial charge in [0.15, 0.2) is 0 Å². The van der Waals surface area contributed by atoms with Gasteiger partial charge in [0.05, 0.1) is 10.4 Å². The van der Waals surface area contributed by atoms with E-state index in [4.69, 9.17) is 0 Å². The Kier molecular flexibility index (Phi) is 7.07. The van der Waals surface area contributed by atoms with E-state index in [-0.39, 0.29) is 0 Å². The molecule has 0 aliphatic carbocycles. The van der Waals surface area contributed by atoms with Crippen LogP contribution in [0.1, 0.15) is 0 Å². The van der Waals surface area contributed by atoms with Gasteiger partial charge < -0.3 is 4.90 Å². The highest BCUT2D eigenvalue weighted by Crippen LogP contribution is 2.45. The molecule has 2 heteroatoms. The zero-order valence-electron chi connectivity index (χ0n) is 26.3. The minimum Gasteiger partial charge on any atom is -0.309 e. The Balaban J connectivity index is 1.12. The lowest BCUT2D eigenvalue weighted by Crippen LogP contribution is -2.10. The summed E-state index contributed by atoms with van der Waals surface area (Å²) in [7, 11) is 0. The molecule has 1 aromatic heterocycles. The molecule has 0 fully saturated rings. The number of hydrogen-bond acceptors (Lipinski definition) is 2. The maximum atomic E-state index is 2.40. The summed E-state index contributed by atoms with van der Waals surface area (Å²) in [6, 6.07) is 68.1. The lowest BCUT2D eigenvalue weighted by atomic mass is 9.97. The lowest BCUT2D eigenvalue weighted by molar-refractivity contribution is 1.30. The van der Waals surface area contributed by atoms with Crippen molar-refractivity contribution in [1.82, 2.24) is 0 Å². The van der Waals surface area contributed by atoms with Crippen molar-refractivity contribution in [2.45, 2.75) is 0 Å². The predicted molar refractivity (Wildman–Crippen MR) is 208 cm³/mol. The molecule has 0 atom stereocenters. The van der Waals surface area contributed by atoms with Gasteiger partial charge in [0.1, 0.15) is 0 Å². The number of hydrogen-bond donors (Lipinski definition) is 0. The van der Waals surface area contributed by atoms with Gasteiger partial charge in [-0.3, -0.25) is 0 Å². The van der Waals surface area contributed by atoms with Gasteiger partial charge in [0.25, 0.3) is 0 Å². The van der Waals surface area contributed by atoms with E-state index < -0.39 is 0 Å². The topological polar surface area (TPSA) is 3.24 Å². The Hall–Kier alpha value is -5.96. The Morgan fingerprint density at radius 1 is 0.333 bits per heavy atom. The van der Waals surface area contributed by atoms with Gasteiger partial charge in [-0.25, -0.2) is 0 Å². The molecule has 0 saturated heterocycles. The van der Waals surface area contributed by atoms with Crippen molar-refractivity contribution in [3.8, 4) is 33.4 Å². The third-order valence-electron chi connectivity index (χ3n) is 9.26. The van der Waals surface area contributed by atoms with Gasteiger partial charge >= 0.3 is 0 Å². The van der Waals surface area contributed by atoms with Crippen molar-refractivity contribution in [2.75, 3.05) is 4.90 Å². The minimum absolute atomic E-state index is 1.13. The van der Waals surface area contributed by atoms with Crippen LogP contribution in [0.15, 0.2) is 188 Å². The van der Waals surface area contributed by atoms with Crippen molar-refractivity contribution in [3.63, 3.8) is 0 Å². The zero-order valence-corrected chi connectivity index (χ0v) is 27.1. The molecule has 1 nitrogen and oxygen atoms in total. The largest absolute Gasteiger partial charge is 0.309 e. The SMILES string of the molecule is c1ccc(-c2ccc(N(c3ccc(-c4ccc5cc(-c6ccccc6)ccc5c4)cc3)c3cccc4c3sc3ccccc34)cc2)cc1. The van der Waals surface area contributed by atoms with E-state index in [1.807, 2.05) is 11.3 Å². The number of fused-ring (bicyclic) bond motifs is 4. The molecule has 1 heterocycles. The molecule has 0 bridgehead atoms. The third-order valence-corrected chi connectivity index (χ3v) is 10.5. The van der Waals surface area contributed by atoms with Crippen molar-refractivity contribution >= 4 is 59.3 Å². The van der Waals surface area contributed by atoms with Gasteiger partial charge in [-0.05, 0) is 92.7 Å². The molecule has 9 rings (SSSR count). The number of nitrogens with zero attached hydrogens (tertiary/aromatic N) is 1. The van der Waals surface area contributed by atoms with Crippen LogP contribution in [0.4, 0.5) is 17.1 Å². The van der Waals surface area contributed by atoms with Crippen LogP contribution in [-0.2, 0) is 0 Å². The average Bonchev–Trinajstić information content (AvgIpc) is 3.55. The molecule has 0 unspecified atom stereocenters. The van der Waals surface area contributed by atoms with E-state index >= 15 is 0 Å². The molecule has 0 amide bonds. The molecule has 0 spiro atoms. The number of anilines is 3. The monoisotopic (exact) mass is 629 g/mol. The number of thiophene rings is 1. The zero-order chi connectivity index (χ0) is 31.9. The summed E-state index contributed by atoms with van der Waals surface area (Å²) in [6.45, 7) is 0. The molecule has 9 aromatic rings. The molecular formula is C46H31NS. The van der Waals surface area contributed by atoms with Crippen LogP contribution in [0.25, 0.3) is 64.3 Å². The van der Waals surface area contributed by atoms with Crippen molar-refractivity contribution in [2.24, 2.45) is 0 Å². The summed E-state index contributed by atoms with van der Waals surface area (Å²) in [5, 5.41) is 5.09. The summed E-state index contributed by atoms with van der Waals surface area (Å²) in [4.78, 5) is 2.40. The highest BCUT2D eigenvalue weighted by Gasteiger charge is 2.18. The fourth-order valence-electron chi connectivity index (χ4n) is 6.81. The molecule has 0 radical (unpaired) electrons. The second-order valence-corrected chi connectivity index (χ2v) is 13.2. The van der Waals surface area contributed by atoms with Crippen LogP contribution < -0.4 is 4.90 Å². The van der Waals surface area contributed by atoms with Crippen molar-refractivity contribution < 1.29 is 0 Å². The minimum atomic E-state index is 1.13. The van der Waals surface area contributed by atoms with Gasteiger partial charge in [-0.2, -0.15) is 0 Å². The number of benzene rings is 8. The molecule has 0 saturated carbocycles. The normalized spacial score (nSPS) is 11.3. The lowest BCUT2D eigenvalue weighted by Gasteiger charge is -2.26. The summed E-state index contributed by atoms with van der Waals surface area (Å²) in [5.41, 5.74) is 10.8. The van der Waals surface area contributed by atoms with Crippen LogP contribution in [0.3, 0.4) is 0 Å². The molecule has 0 aliphatic heterocycles. The maximum Gasteiger partial charge on any atom is 0.0640 e. The average molecular weight is 630 g/mol. The van der Waals surface area contributed by atoms with Crippen LogP contribution >= 0.6 is 11.3 Å². The summed E-state index contributed by atoms with van der Waals surface area (Å²) >= 11 is 1.86. The molecule has 0 aliphatic rings. The van der Waals surface area contributed by atoms with Crippen LogP contribution in [0.5, 0.6) is 0 Å². The van der Waals surface area contributed by atoms with E-state index in [1.54, 1.807) is 0 Å². The molecule has 226 valence electrons. The van der Waals surface area contributed by atoms with E-state index in [0.717, 1.165) is 11.4 Å². The van der Waals surface area contributed by atoms with Gasteiger partial charge in [0, 0.05) is 26.8 Å². The van der Waals surface area contributed by atoms with Crippen LogP contribution in [0.2, 0.25) is 0 Å². The number of rotatable bonds is 6. The third kappa shape index (κ3) is 5.13. The molecule has 0 N–H and O–H groups in total.